The zero-order valence-electron chi connectivity index (χ0n) is 22.8. The van der Waals surface area contributed by atoms with Crippen molar-refractivity contribution in [1.82, 2.24) is 19.1 Å². The lowest BCUT2D eigenvalue weighted by Crippen LogP contribution is -2.27. The van der Waals surface area contributed by atoms with Gasteiger partial charge >= 0.3 is 0 Å². The fraction of sp³-hybridized carbons (Fsp3) is 0.0857. The van der Waals surface area contributed by atoms with Gasteiger partial charge in [-0.25, -0.2) is 9.97 Å². The highest BCUT2D eigenvalue weighted by Crippen LogP contribution is 2.47. The molecule has 0 amide bonds. The van der Waals surface area contributed by atoms with Crippen molar-refractivity contribution in [1.29, 1.82) is 0 Å². The number of phenols is 1. The minimum absolute atomic E-state index is 0.238. The van der Waals surface area contributed by atoms with Crippen LogP contribution in [0.5, 0.6) is 5.75 Å². The molecule has 2 atom stereocenters. The maximum Gasteiger partial charge on any atom is 0.145 e. The van der Waals surface area contributed by atoms with Gasteiger partial charge in [-0.15, -0.1) is 0 Å². The fourth-order valence-corrected chi connectivity index (χ4v) is 6.71. The first kappa shape index (κ1) is 23.2. The van der Waals surface area contributed by atoms with Gasteiger partial charge in [0.1, 0.15) is 29.7 Å². The molecule has 202 valence electrons. The van der Waals surface area contributed by atoms with Crippen molar-refractivity contribution in [2.24, 2.45) is 0 Å². The van der Waals surface area contributed by atoms with Crippen LogP contribution in [0.25, 0.3) is 44.8 Å². The number of fused-ring (bicyclic) bond motifs is 10. The Balaban J connectivity index is 1.28. The van der Waals surface area contributed by atoms with Gasteiger partial charge in [0.15, 0.2) is 0 Å². The molecule has 0 spiro atoms. The number of hydrogen-bond acceptors (Lipinski definition) is 5. The number of hydrogen-bond donors (Lipinski definition) is 3. The molecule has 42 heavy (non-hydrogen) atoms. The molecule has 2 aliphatic rings. The van der Waals surface area contributed by atoms with E-state index in [1.54, 1.807) is 0 Å². The van der Waals surface area contributed by atoms with Crippen LogP contribution in [-0.4, -0.2) is 24.2 Å². The van der Waals surface area contributed by atoms with Crippen molar-refractivity contribution in [3.63, 3.8) is 0 Å². The van der Waals surface area contributed by atoms with Crippen LogP contribution < -0.4 is 10.6 Å². The van der Waals surface area contributed by atoms with Crippen LogP contribution in [0.1, 0.15) is 29.0 Å². The van der Waals surface area contributed by atoms with E-state index in [2.05, 4.69) is 75.2 Å². The Bertz CT molecular complexity index is 2060. The standard InChI is InChI=1S/C35H26N6O/c1-20-18-23(34-36-25-12-4-2-10-21(25)32-38-27-14-6-8-16-29(27)40(32)34)31(42)24(19-20)35-37-26-13-5-3-11-22(26)33-39-28-15-7-9-17-30(28)41(33)35/h2-19,34-37,42H,1H3. The second-order valence-electron chi connectivity index (χ2n) is 11.1. The summed E-state index contributed by atoms with van der Waals surface area (Å²) in [5, 5.41) is 19.7. The Morgan fingerprint density at radius 3 is 1.52 bits per heavy atom. The van der Waals surface area contributed by atoms with Crippen LogP contribution in [0.15, 0.2) is 109 Å². The number of imidazole rings is 2. The predicted molar refractivity (Wildman–Crippen MR) is 167 cm³/mol. The number of nitrogens with zero attached hydrogens (tertiary/aromatic N) is 4. The third kappa shape index (κ3) is 3.16. The first-order chi connectivity index (χ1) is 20.7. The average Bonchev–Trinajstić information content (AvgIpc) is 3.61. The highest BCUT2D eigenvalue weighted by molar-refractivity contribution is 5.88. The summed E-state index contributed by atoms with van der Waals surface area (Å²) in [6.07, 6.45) is -0.730. The van der Waals surface area contributed by atoms with Crippen LogP contribution in [0.2, 0.25) is 0 Å². The SMILES string of the molecule is Cc1cc(C2Nc3ccccc3-c3nc4ccccc4n32)c(O)c(C2Nc3ccccc3-c3nc4ccccc4n32)c1. The number of aromatic nitrogens is 4. The highest BCUT2D eigenvalue weighted by Gasteiger charge is 2.34. The third-order valence-corrected chi connectivity index (χ3v) is 8.53. The summed E-state index contributed by atoms with van der Waals surface area (Å²) in [5.41, 5.74) is 10.5. The van der Waals surface area contributed by atoms with Gasteiger partial charge in [0.25, 0.3) is 0 Å². The molecule has 7 nitrogen and oxygen atoms in total. The molecule has 0 radical (unpaired) electrons. The number of aromatic hydroxyl groups is 1. The molecule has 5 aromatic carbocycles. The maximum atomic E-state index is 12.2. The van der Waals surface area contributed by atoms with E-state index in [0.717, 1.165) is 72.9 Å². The molecule has 7 aromatic rings. The van der Waals surface area contributed by atoms with Crippen molar-refractivity contribution in [2.75, 3.05) is 10.6 Å². The largest absolute Gasteiger partial charge is 0.507 e. The van der Waals surface area contributed by atoms with E-state index in [1.807, 2.05) is 60.7 Å². The quantitative estimate of drug-likeness (QED) is 0.207. The molecule has 0 aliphatic carbocycles. The lowest BCUT2D eigenvalue weighted by atomic mass is 9.97. The van der Waals surface area contributed by atoms with Gasteiger partial charge in [-0.05, 0) is 67.6 Å². The van der Waals surface area contributed by atoms with E-state index in [-0.39, 0.29) is 18.1 Å². The van der Waals surface area contributed by atoms with E-state index in [9.17, 15) is 5.11 Å². The van der Waals surface area contributed by atoms with Gasteiger partial charge in [-0.1, -0.05) is 54.1 Å². The minimum Gasteiger partial charge on any atom is -0.507 e. The smallest absolute Gasteiger partial charge is 0.145 e. The molecule has 2 unspecified atom stereocenters. The molecule has 2 aromatic heterocycles. The second kappa shape index (κ2) is 8.47. The van der Waals surface area contributed by atoms with Crippen LogP contribution in [0, 0.1) is 6.92 Å². The lowest BCUT2D eigenvalue weighted by Gasteiger charge is -2.34. The number of anilines is 2. The zero-order valence-corrected chi connectivity index (χ0v) is 22.8. The van der Waals surface area contributed by atoms with Crippen molar-refractivity contribution in [3.8, 4) is 28.5 Å². The molecule has 9 rings (SSSR count). The topological polar surface area (TPSA) is 79.9 Å². The summed E-state index contributed by atoms with van der Waals surface area (Å²) in [7, 11) is 0. The Morgan fingerprint density at radius 1 is 0.595 bits per heavy atom. The molecule has 3 N–H and O–H groups in total. The lowest BCUT2D eigenvalue weighted by molar-refractivity contribution is 0.444. The summed E-state index contributed by atoms with van der Waals surface area (Å²) in [4.78, 5) is 10.1. The van der Waals surface area contributed by atoms with E-state index >= 15 is 0 Å². The molecular weight excluding hydrogens is 520 g/mol. The third-order valence-electron chi connectivity index (χ3n) is 8.53. The molecule has 0 saturated carbocycles. The van der Waals surface area contributed by atoms with E-state index in [4.69, 9.17) is 9.97 Å². The van der Waals surface area contributed by atoms with Crippen LogP contribution in [0.4, 0.5) is 11.4 Å². The van der Waals surface area contributed by atoms with E-state index < -0.39 is 0 Å². The van der Waals surface area contributed by atoms with Crippen molar-refractivity contribution >= 4 is 33.4 Å². The number of para-hydroxylation sites is 6. The fourth-order valence-electron chi connectivity index (χ4n) is 6.71. The van der Waals surface area contributed by atoms with Gasteiger partial charge in [-0.2, -0.15) is 0 Å². The van der Waals surface area contributed by atoms with Gasteiger partial charge in [0.05, 0.1) is 22.1 Å². The van der Waals surface area contributed by atoms with Crippen molar-refractivity contribution in [2.45, 2.75) is 19.3 Å². The number of aryl methyl sites for hydroxylation is 1. The van der Waals surface area contributed by atoms with Gasteiger partial charge in [0.2, 0.25) is 0 Å². The average molecular weight is 547 g/mol. The monoisotopic (exact) mass is 546 g/mol. The van der Waals surface area contributed by atoms with E-state index in [1.165, 1.54) is 0 Å². The predicted octanol–water partition coefficient (Wildman–Crippen LogP) is 7.68. The van der Waals surface area contributed by atoms with Crippen LogP contribution in [-0.2, 0) is 0 Å². The Kier molecular flexibility index (Phi) is 4.67. The minimum atomic E-state index is -0.365. The van der Waals surface area contributed by atoms with Gasteiger partial charge in [-0.3, -0.25) is 9.13 Å². The zero-order chi connectivity index (χ0) is 27.9. The molecule has 7 heteroatoms. The Labute approximate surface area is 241 Å². The Hall–Kier alpha value is -5.56. The first-order valence-electron chi connectivity index (χ1n) is 14.1. The number of benzene rings is 5. The summed E-state index contributed by atoms with van der Waals surface area (Å²) in [5.74, 6) is 2.00. The van der Waals surface area contributed by atoms with Gasteiger partial charge in [0, 0.05) is 33.6 Å². The number of rotatable bonds is 2. The normalized spacial score (nSPS) is 16.7. The van der Waals surface area contributed by atoms with Crippen LogP contribution in [0.3, 0.4) is 0 Å². The van der Waals surface area contributed by atoms with Crippen LogP contribution >= 0.6 is 0 Å². The second-order valence-corrected chi connectivity index (χ2v) is 11.1. The maximum absolute atomic E-state index is 12.2. The molecule has 0 saturated heterocycles. The number of phenolic OH excluding ortho intramolecular Hbond substituents is 1. The summed E-state index contributed by atoms with van der Waals surface area (Å²) in [6, 6.07) is 36.9. The Morgan fingerprint density at radius 2 is 1.02 bits per heavy atom. The first-order valence-corrected chi connectivity index (χ1v) is 14.1. The highest BCUT2D eigenvalue weighted by atomic mass is 16.3. The summed E-state index contributed by atoms with van der Waals surface area (Å²) < 4.78 is 4.41. The summed E-state index contributed by atoms with van der Waals surface area (Å²) >= 11 is 0. The molecule has 0 bridgehead atoms. The van der Waals surface area contributed by atoms with Crippen molar-refractivity contribution in [3.05, 3.63) is 126 Å². The van der Waals surface area contributed by atoms with E-state index in [0.29, 0.717) is 0 Å². The van der Waals surface area contributed by atoms with Gasteiger partial charge < -0.3 is 15.7 Å². The molecular formula is C35H26N6O. The molecule has 4 heterocycles. The number of nitrogens with one attached hydrogen (secondary N) is 2. The molecule has 2 aliphatic heterocycles. The molecule has 0 fully saturated rings. The van der Waals surface area contributed by atoms with Crippen molar-refractivity contribution < 1.29 is 5.11 Å². The summed E-state index contributed by atoms with van der Waals surface area (Å²) in [6.45, 7) is 2.08.